The normalized spacial score (nSPS) is 25.1. The van der Waals surface area contributed by atoms with Crippen molar-refractivity contribution in [2.45, 2.75) is 45.1 Å². The highest BCUT2D eigenvalue weighted by atomic mass is 16.3. The minimum atomic E-state index is -0.134. The number of rotatable bonds is 2. The average molecular weight is 380 g/mol. The highest BCUT2D eigenvalue weighted by molar-refractivity contribution is 5.96. The molecule has 2 aromatic rings. The van der Waals surface area contributed by atoms with Gasteiger partial charge in [-0.15, -0.1) is 0 Å². The Kier molecular flexibility index (Phi) is 4.08. The lowest BCUT2D eigenvalue weighted by molar-refractivity contribution is -0.0266. The lowest BCUT2D eigenvalue weighted by atomic mass is 9.51. The lowest BCUT2D eigenvalue weighted by Gasteiger charge is -2.60. The number of benzene rings is 2. The fraction of sp³-hybridized carbons (Fsp3) is 0.409. The molecule has 1 aliphatic heterocycles. The Hall–Kier alpha value is -2.73. The summed E-state index contributed by atoms with van der Waals surface area (Å²) >= 11 is 0. The van der Waals surface area contributed by atoms with Crippen LogP contribution in [0.5, 0.6) is 5.75 Å². The van der Waals surface area contributed by atoms with E-state index in [0.29, 0.717) is 35.7 Å². The van der Waals surface area contributed by atoms with E-state index in [2.05, 4.69) is 32.3 Å². The summed E-state index contributed by atoms with van der Waals surface area (Å²) in [4.78, 5) is 15.4. The van der Waals surface area contributed by atoms with Crippen LogP contribution in [0.25, 0.3) is 0 Å². The predicted molar refractivity (Wildman–Crippen MR) is 111 cm³/mol. The number of anilines is 2. The Morgan fingerprint density at radius 3 is 2.71 bits per heavy atom. The Balaban J connectivity index is 1.77. The van der Waals surface area contributed by atoms with E-state index >= 15 is 0 Å². The fourth-order valence-electron chi connectivity index (χ4n) is 5.15. The van der Waals surface area contributed by atoms with Crippen LogP contribution in [0.15, 0.2) is 36.4 Å². The molecule has 6 N–H and O–H groups in total. The van der Waals surface area contributed by atoms with Gasteiger partial charge in [-0.3, -0.25) is 10.6 Å². The zero-order valence-electron chi connectivity index (χ0n) is 16.6. The molecule has 1 saturated heterocycles. The molecule has 0 spiro atoms. The average Bonchev–Trinajstić information content (AvgIpc) is 2.65. The van der Waals surface area contributed by atoms with Gasteiger partial charge in [-0.2, -0.15) is 0 Å². The number of aromatic hydroxyl groups is 1. The first-order chi connectivity index (χ1) is 13.2. The van der Waals surface area contributed by atoms with Crippen LogP contribution < -0.4 is 17.0 Å². The molecule has 28 heavy (non-hydrogen) atoms. The van der Waals surface area contributed by atoms with Crippen LogP contribution in [0.2, 0.25) is 0 Å². The van der Waals surface area contributed by atoms with Gasteiger partial charge in [-0.05, 0) is 53.6 Å². The van der Waals surface area contributed by atoms with E-state index < -0.39 is 0 Å². The molecular weight excluding hydrogens is 352 g/mol. The van der Waals surface area contributed by atoms with Crippen molar-refractivity contribution >= 4 is 17.3 Å². The molecule has 1 fully saturated rings. The highest BCUT2D eigenvalue weighted by Gasteiger charge is 2.57. The van der Waals surface area contributed by atoms with Gasteiger partial charge in [0.25, 0.3) is 5.91 Å². The quantitative estimate of drug-likeness (QED) is 0.364. The zero-order chi connectivity index (χ0) is 20.3. The van der Waals surface area contributed by atoms with Gasteiger partial charge in [0.1, 0.15) is 5.75 Å². The molecule has 1 aliphatic carbocycles. The molecule has 6 nitrogen and oxygen atoms in total. The molecule has 2 atom stereocenters. The van der Waals surface area contributed by atoms with E-state index in [-0.39, 0.29) is 22.8 Å². The number of carbonyl (C=O) groups is 1. The van der Waals surface area contributed by atoms with E-state index in [9.17, 15) is 9.90 Å². The van der Waals surface area contributed by atoms with Gasteiger partial charge in [-0.25, -0.2) is 0 Å². The maximum Gasteiger partial charge on any atom is 0.254 e. The number of hydrogen-bond acceptors (Lipinski definition) is 5. The molecule has 6 heteroatoms. The van der Waals surface area contributed by atoms with Crippen molar-refractivity contribution in [3.63, 3.8) is 0 Å². The highest BCUT2D eigenvalue weighted by Crippen LogP contribution is 2.57. The summed E-state index contributed by atoms with van der Waals surface area (Å²) in [6.45, 7) is 7.41. The number of fused-ring (bicyclic) bond motifs is 4. The van der Waals surface area contributed by atoms with Crippen molar-refractivity contribution in [1.82, 2.24) is 4.90 Å². The van der Waals surface area contributed by atoms with Crippen LogP contribution in [0.3, 0.4) is 0 Å². The van der Waals surface area contributed by atoms with Crippen LogP contribution in [-0.4, -0.2) is 28.5 Å². The molecule has 2 aromatic carbocycles. The standard InChI is InChI=1S/C22H28N4O2/c1-21(2)19-12-14-15(5-4-6-18(14)27)22(21,3)9-10-26(19)20(28)13-7-8-16(23)17(11-13)25-24/h4-8,11,19,25,27H,9-10,12,23-24H2,1-3H3/t19-,22?/m1/s1. The smallest absolute Gasteiger partial charge is 0.254 e. The lowest BCUT2D eigenvalue weighted by Crippen LogP contribution is -2.64. The van der Waals surface area contributed by atoms with Crippen LogP contribution in [0.4, 0.5) is 11.4 Å². The number of hydrogen-bond donors (Lipinski definition) is 4. The van der Waals surface area contributed by atoms with Crippen molar-refractivity contribution in [3.8, 4) is 5.75 Å². The predicted octanol–water partition coefficient (Wildman–Crippen LogP) is 3.01. The van der Waals surface area contributed by atoms with E-state index in [1.165, 1.54) is 5.56 Å². The van der Waals surface area contributed by atoms with E-state index in [1.807, 2.05) is 11.0 Å². The number of amides is 1. The first kappa shape index (κ1) is 18.6. The maximum atomic E-state index is 13.4. The minimum Gasteiger partial charge on any atom is -0.508 e. The number of nitrogens with one attached hydrogen (secondary N) is 1. The summed E-state index contributed by atoms with van der Waals surface area (Å²) < 4.78 is 0. The van der Waals surface area contributed by atoms with Crippen LogP contribution in [0.1, 0.15) is 48.7 Å². The van der Waals surface area contributed by atoms with Gasteiger partial charge in [0.2, 0.25) is 0 Å². The van der Waals surface area contributed by atoms with Gasteiger partial charge < -0.3 is 21.2 Å². The van der Waals surface area contributed by atoms with Gasteiger partial charge in [0.15, 0.2) is 0 Å². The van der Waals surface area contributed by atoms with E-state index in [1.54, 1.807) is 24.3 Å². The molecule has 0 saturated carbocycles. The van der Waals surface area contributed by atoms with Gasteiger partial charge in [0.05, 0.1) is 11.4 Å². The summed E-state index contributed by atoms with van der Waals surface area (Å²) in [6, 6.07) is 10.9. The molecule has 148 valence electrons. The summed E-state index contributed by atoms with van der Waals surface area (Å²) in [6.07, 6.45) is 1.49. The molecule has 1 amide bonds. The third-order valence-corrected chi connectivity index (χ3v) is 7.34. The monoisotopic (exact) mass is 380 g/mol. The SMILES string of the molecule is CC12CCN(C(=O)c3ccc(N)c(NN)c3)[C@H](Cc3c(O)cccc31)C2(C)C. The number of phenolic OH excluding ortho intramolecular Hbond substituents is 1. The van der Waals surface area contributed by atoms with Gasteiger partial charge in [0, 0.05) is 23.6 Å². The number of likely N-dealkylation sites (tertiary alicyclic amines) is 1. The molecule has 1 unspecified atom stereocenters. The maximum absolute atomic E-state index is 13.4. The molecule has 4 rings (SSSR count). The second-order valence-electron chi connectivity index (χ2n) is 8.77. The van der Waals surface area contributed by atoms with Crippen molar-refractivity contribution in [1.29, 1.82) is 0 Å². The Morgan fingerprint density at radius 2 is 2.00 bits per heavy atom. The fourth-order valence-corrected chi connectivity index (χ4v) is 5.15. The summed E-state index contributed by atoms with van der Waals surface area (Å²) in [5.74, 6) is 5.81. The van der Waals surface area contributed by atoms with Gasteiger partial charge >= 0.3 is 0 Å². The summed E-state index contributed by atoms with van der Waals surface area (Å²) in [7, 11) is 0. The van der Waals surface area contributed by atoms with Crippen molar-refractivity contribution in [2.24, 2.45) is 11.3 Å². The van der Waals surface area contributed by atoms with Crippen LogP contribution in [-0.2, 0) is 11.8 Å². The van der Waals surface area contributed by atoms with E-state index in [4.69, 9.17) is 11.6 Å². The van der Waals surface area contributed by atoms with Crippen LogP contribution >= 0.6 is 0 Å². The van der Waals surface area contributed by atoms with Crippen molar-refractivity contribution < 1.29 is 9.90 Å². The van der Waals surface area contributed by atoms with Crippen LogP contribution in [0, 0.1) is 5.41 Å². The molecule has 2 aliphatic rings. The number of piperidine rings is 1. The molecular formula is C22H28N4O2. The topological polar surface area (TPSA) is 105 Å². The molecule has 0 aromatic heterocycles. The number of phenols is 1. The molecule has 2 bridgehead atoms. The number of carbonyl (C=O) groups excluding carboxylic acids is 1. The number of nitrogens with two attached hydrogens (primary N) is 2. The Labute approximate surface area is 165 Å². The second kappa shape index (κ2) is 6.14. The zero-order valence-corrected chi connectivity index (χ0v) is 16.6. The Bertz CT molecular complexity index is 956. The third-order valence-electron chi connectivity index (χ3n) is 7.34. The second-order valence-corrected chi connectivity index (χ2v) is 8.77. The first-order valence-corrected chi connectivity index (χ1v) is 9.69. The molecule has 1 heterocycles. The van der Waals surface area contributed by atoms with Crippen molar-refractivity contribution in [2.75, 3.05) is 17.7 Å². The number of nitrogen functional groups attached to an aromatic ring is 2. The minimum absolute atomic E-state index is 0.00797. The first-order valence-electron chi connectivity index (χ1n) is 9.69. The number of hydrazine groups is 1. The van der Waals surface area contributed by atoms with E-state index in [0.717, 1.165) is 12.0 Å². The van der Waals surface area contributed by atoms with Crippen molar-refractivity contribution in [3.05, 3.63) is 53.1 Å². The van der Waals surface area contributed by atoms with Gasteiger partial charge in [-0.1, -0.05) is 32.9 Å². The largest absolute Gasteiger partial charge is 0.508 e. The third kappa shape index (κ3) is 2.41. The molecule has 0 radical (unpaired) electrons. The summed E-state index contributed by atoms with van der Waals surface area (Å²) in [5, 5.41) is 10.5. The number of nitrogens with zero attached hydrogens (tertiary/aromatic N) is 1. The Morgan fingerprint density at radius 1 is 1.25 bits per heavy atom. The summed E-state index contributed by atoms with van der Waals surface area (Å²) in [5.41, 5.74) is 12.0.